The van der Waals surface area contributed by atoms with Crippen LogP contribution in [0.4, 0.5) is 11.4 Å². The molecule has 1 unspecified atom stereocenters. The van der Waals surface area contributed by atoms with E-state index in [2.05, 4.69) is 4.72 Å². The Labute approximate surface area is 177 Å². The predicted octanol–water partition coefficient (Wildman–Crippen LogP) is 3.30. The third kappa shape index (κ3) is 3.66. The van der Waals surface area contributed by atoms with E-state index in [1.54, 1.807) is 17.0 Å². The average molecular weight is 424 g/mol. The molecule has 30 heavy (non-hydrogen) atoms. The highest BCUT2D eigenvalue weighted by molar-refractivity contribution is 7.89. The largest absolute Gasteiger partial charge is 0.377 e. The summed E-state index contributed by atoms with van der Waals surface area (Å²) in [7, 11) is 0.0588. The van der Waals surface area contributed by atoms with Crippen LogP contribution in [-0.2, 0) is 14.8 Å². The van der Waals surface area contributed by atoms with Crippen molar-refractivity contribution in [3.8, 4) is 0 Å². The summed E-state index contributed by atoms with van der Waals surface area (Å²) in [6.45, 7) is 2.26. The van der Waals surface area contributed by atoms with E-state index < -0.39 is 16.1 Å². The van der Waals surface area contributed by atoms with E-state index in [1.165, 1.54) is 0 Å². The van der Waals surface area contributed by atoms with Crippen LogP contribution in [0.25, 0.3) is 10.8 Å². The fourth-order valence-corrected chi connectivity index (χ4v) is 5.51. The third-order valence-corrected chi connectivity index (χ3v) is 7.06. The van der Waals surface area contributed by atoms with Crippen molar-refractivity contribution in [2.75, 3.05) is 30.4 Å². The van der Waals surface area contributed by atoms with E-state index in [-0.39, 0.29) is 17.2 Å². The molecule has 1 N–H and O–H groups in total. The number of carbonyl (C=O) groups is 1. The second-order valence-corrected chi connectivity index (χ2v) is 9.52. The number of hydrogen-bond acceptors (Lipinski definition) is 4. The van der Waals surface area contributed by atoms with Gasteiger partial charge in [-0.1, -0.05) is 42.5 Å². The number of nitrogens with one attached hydrogen (secondary N) is 1. The van der Waals surface area contributed by atoms with Gasteiger partial charge >= 0.3 is 0 Å². The Bertz CT molecular complexity index is 1220. The van der Waals surface area contributed by atoms with E-state index in [4.69, 9.17) is 0 Å². The van der Waals surface area contributed by atoms with Crippen LogP contribution in [0.1, 0.15) is 12.0 Å². The maximum Gasteiger partial charge on any atom is 0.241 e. The molecule has 0 saturated carbocycles. The van der Waals surface area contributed by atoms with Crippen molar-refractivity contribution >= 4 is 38.1 Å². The molecule has 0 radical (unpaired) electrons. The minimum atomic E-state index is -3.80. The van der Waals surface area contributed by atoms with Gasteiger partial charge in [0.05, 0.1) is 4.90 Å². The number of carbonyl (C=O) groups excluding carboxylic acids is 1. The SMILES string of the molecule is Cc1ccccc1N1CC(NS(=O)(=O)c2cccc3c(N(C)C)cccc23)CC1=O. The Morgan fingerprint density at radius 3 is 2.40 bits per heavy atom. The maximum atomic E-state index is 13.2. The standard InChI is InChI=1S/C23H25N3O3S/c1-16-8-4-5-11-20(16)26-15-17(14-23(26)27)24-30(28,29)22-13-7-9-18-19(22)10-6-12-21(18)25(2)3/h4-13,17,24H,14-15H2,1-3H3. The van der Waals surface area contributed by atoms with Crippen molar-refractivity contribution in [2.45, 2.75) is 24.3 Å². The second-order valence-electron chi connectivity index (χ2n) is 7.84. The number of sulfonamides is 1. The van der Waals surface area contributed by atoms with Crippen LogP contribution in [0.3, 0.4) is 0 Å². The minimum Gasteiger partial charge on any atom is -0.377 e. The molecule has 1 amide bonds. The summed E-state index contributed by atoms with van der Waals surface area (Å²) in [5.41, 5.74) is 2.76. The normalized spacial score (nSPS) is 17.0. The van der Waals surface area contributed by atoms with Gasteiger partial charge in [0.1, 0.15) is 0 Å². The molecule has 1 aliphatic rings. The smallest absolute Gasteiger partial charge is 0.241 e. The molecule has 1 saturated heterocycles. The molecule has 3 aromatic carbocycles. The van der Waals surface area contributed by atoms with E-state index in [9.17, 15) is 13.2 Å². The molecule has 0 bridgehead atoms. The Morgan fingerprint density at radius 2 is 1.67 bits per heavy atom. The van der Waals surface area contributed by atoms with Crippen molar-refractivity contribution in [1.82, 2.24) is 4.72 Å². The number of hydrogen-bond donors (Lipinski definition) is 1. The quantitative estimate of drug-likeness (QED) is 0.684. The Balaban J connectivity index is 1.64. The van der Waals surface area contributed by atoms with E-state index in [0.29, 0.717) is 11.9 Å². The van der Waals surface area contributed by atoms with Gasteiger partial charge in [-0.3, -0.25) is 4.79 Å². The van der Waals surface area contributed by atoms with E-state index in [1.807, 2.05) is 74.4 Å². The fourth-order valence-electron chi connectivity index (χ4n) is 4.06. The van der Waals surface area contributed by atoms with Crippen molar-refractivity contribution in [3.63, 3.8) is 0 Å². The summed E-state index contributed by atoms with van der Waals surface area (Å²) in [5.74, 6) is -0.0789. The molecular weight excluding hydrogens is 398 g/mol. The highest BCUT2D eigenvalue weighted by Gasteiger charge is 2.34. The van der Waals surface area contributed by atoms with Gasteiger partial charge < -0.3 is 9.80 Å². The molecule has 3 aromatic rings. The molecule has 1 atom stereocenters. The van der Waals surface area contributed by atoms with Crippen LogP contribution in [0.15, 0.2) is 65.6 Å². The van der Waals surface area contributed by atoms with Gasteiger partial charge in [-0.05, 0) is 30.7 Å². The molecule has 4 rings (SSSR count). The molecule has 1 fully saturated rings. The summed E-state index contributed by atoms with van der Waals surface area (Å²) in [6, 6.07) is 18.1. The van der Waals surface area contributed by atoms with Gasteiger partial charge in [0.2, 0.25) is 15.9 Å². The first-order valence-corrected chi connectivity index (χ1v) is 11.3. The van der Waals surface area contributed by atoms with Crippen LogP contribution in [-0.4, -0.2) is 41.0 Å². The van der Waals surface area contributed by atoms with Crippen molar-refractivity contribution in [1.29, 1.82) is 0 Å². The third-order valence-electron chi connectivity index (χ3n) is 5.48. The second kappa shape index (κ2) is 7.74. The molecule has 1 aliphatic heterocycles. The van der Waals surface area contributed by atoms with Crippen LogP contribution < -0.4 is 14.5 Å². The molecule has 6 nitrogen and oxygen atoms in total. The zero-order valence-corrected chi connectivity index (χ0v) is 18.1. The van der Waals surface area contributed by atoms with E-state index >= 15 is 0 Å². The summed E-state index contributed by atoms with van der Waals surface area (Å²) < 4.78 is 29.2. The first kappa shape index (κ1) is 20.4. The summed E-state index contributed by atoms with van der Waals surface area (Å²) in [4.78, 5) is 16.4. The van der Waals surface area contributed by atoms with Crippen molar-refractivity contribution in [3.05, 3.63) is 66.2 Å². The average Bonchev–Trinajstić information content (AvgIpc) is 3.06. The zero-order valence-electron chi connectivity index (χ0n) is 17.3. The number of para-hydroxylation sites is 1. The van der Waals surface area contributed by atoms with Gasteiger partial charge in [0.15, 0.2) is 0 Å². The molecule has 0 aliphatic carbocycles. The highest BCUT2D eigenvalue weighted by Crippen LogP contribution is 2.31. The Kier molecular flexibility index (Phi) is 5.26. The fraction of sp³-hybridized carbons (Fsp3) is 0.261. The lowest BCUT2D eigenvalue weighted by molar-refractivity contribution is -0.117. The number of rotatable bonds is 5. The van der Waals surface area contributed by atoms with Gasteiger partial charge in [-0.2, -0.15) is 0 Å². The number of benzene rings is 3. The summed E-state index contributed by atoms with van der Waals surface area (Å²) in [5, 5.41) is 1.53. The van der Waals surface area contributed by atoms with Gasteiger partial charge in [0, 0.05) is 55.2 Å². The molecule has 0 spiro atoms. The number of nitrogens with zero attached hydrogens (tertiary/aromatic N) is 2. The van der Waals surface area contributed by atoms with Crippen molar-refractivity contribution in [2.24, 2.45) is 0 Å². The van der Waals surface area contributed by atoms with Crippen LogP contribution in [0.2, 0.25) is 0 Å². The summed E-state index contributed by atoms with van der Waals surface area (Å²) in [6.07, 6.45) is 0.140. The van der Waals surface area contributed by atoms with Crippen LogP contribution in [0, 0.1) is 6.92 Å². The molecular formula is C23H25N3O3S. The van der Waals surface area contributed by atoms with Gasteiger partial charge in [0.25, 0.3) is 0 Å². The minimum absolute atomic E-state index is 0.0789. The topological polar surface area (TPSA) is 69.7 Å². The molecule has 0 aromatic heterocycles. The monoisotopic (exact) mass is 423 g/mol. The summed E-state index contributed by atoms with van der Waals surface area (Å²) >= 11 is 0. The number of fused-ring (bicyclic) bond motifs is 1. The number of aryl methyl sites for hydroxylation is 1. The van der Waals surface area contributed by atoms with Crippen molar-refractivity contribution < 1.29 is 13.2 Å². The van der Waals surface area contributed by atoms with E-state index in [0.717, 1.165) is 22.3 Å². The molecule has 1 heterocycles. The van der Waals surface area contributed by atoms with Crippen LogP contribution in [0.5, 0.6) is 0 Å². The maximum absolute atomic E-state index is 13.2. The Morgan fingerprint density at radius 1 is 0.967 bits per heavy atom. The lowest BCUT2D eigenvalue weighted by atomic mass is 10.1. The number of anilines is 2. The molecule has 7 heteroatoms. The van der Waals surface area contributed by atoms with Gasteiger partial charge in [-0.15, -0.1) is 0 Å². The molecule has 156 valence electrons. The first-order valence-electron chi connectivity index (χ1n) is 9.85. The zero-order chi connectivity index (χ0) is 21.5. The predicted molar refractivity (Wildman–Crippen MR) is 121 cm³/mol. The lowest BCUT2D eigenvalue weighted by Gasteiger charge is -2.20. The van der Waals surface area contributed by atoms with Gasteiger partial charge in [-0.25, -0.2) is 13.1 Å². The lowest BCUT2D eigenvalue weighted by Crippen LogP contribution is -2.37. The first-order chi connectivity index (χ1) is 14.3. The van der Waals surface area contributed by atoms with Crippen LogP contribution >= 0.6 is 0 Å². The highest BCUT2D eigenvalue weighted by atomic mass is 32.2. The number of amides is 1. The Hall–Kier alpha value is -2.90.